The van der Waals surface area contributed by atoms with Crippen LogP contribution < -0.4 is 11.1 Å². The zero-order valence-corrected chi connectivity index (χ0v) is 10.3. The molecule has 1 saturated carbocycles. The van der Waals surface area contributed by atoms with E-state index in [-0.39, 0.29) is 11.8 Å². The highest BCUT2D eigenvalue weighted by Gasteiger charge is 2.30. The van der Waals surface area contributed by atoms with Gasteiger partial charge in [-0.05, 0) is 18.8 Å². The van der Waals surface area contributed by atoms with Crippen molar-refractivity contribution in [2.75, 3.05) is 6.54 Å². The molecule has 0 unspecified atom stereocenters. The number of amides is 1. The molecule has 0 aromatic heterocycles. The zero-order valence-electron chi connectivity index (χ0n) is 10.3. The molecule has 0 spiro atoms. The lowest BCUT2D eigenvalue weighted by atomic mass is 9.85. The van der Waals surface area contributed by atoms with Gasteiger partial charge in [0.1, 0.15) is 0 Å². The summed E-state index contributed by atoms with van der Waals surface area (Å²) in [7, 11) is 0. The van der Waals surface area contributed by atoms with Crippen LogP contribution in [0.25, 0.3) is 0 Å². The fraction of sp³-hybridized carbons (Fsp3) is 0.917. The van der Waals surface area contributed by atoms with E-state index < -0.39 is 11.6 Å². The van der Waals surface area contributed by atoms with Crippen LogP contribution in [0.1, 0.15) is 46.0 Å². The summed E-state index contributed by atoms with van der Waals surface area (Å²) in [5.74, 6) is -0.0324. The molecular formula is C12H24N2O2. The van der Waals surface area contributed by atoms with Gasteiger partial charge in [0.15, 0.2) is 0 Å². The maximum atomic E-state index is 11.6. The van der Waals surface area contributed by atoms with E-state index in [2.05, 4.69) is 5.32 Å². The lowest BCUT2D eigenvalue weighted by Gasteiger charge is -2.32. The molecule has 1 rings (SSSR count). The molecule has 0 radical (unpaired) electrons. The normalized spacial score (nSPS) is 21.8. The second-order valence-corrected chi connectivity index (χ2v) is 5.27. The Hall–Kier alpha value is -0.610. The number of carbonyl (C=O) groups is 1. The molecule has 16 heavy (non-hydrogen) atoms. The van der Waals surface area contributed by atoms with Gasteiger partial charge in [-0.25, -0.2) is 0 Å². The van der Waals surface area contributed by atoms with E-state index in [9.17, 15) is 9.90 Å². The molecule has 0 saturated heterocycles. The van der Waals surface area contributed by atoms with Gasteiger partial charge in [0.25, 0.3) is 0 Å². The van der Waals surface area contributed by atoms with Gasteiger partial charge in [0, 0.05) is 6.54 Å². The fourth-order valence-electron chi connectivity index (χ4n) is 2.06. The summed E-state index contributed by atoms with van der Waals surface area (Å²) in [4.78, 5) is 11.6. The van der Waals surface area contributed by atoms with Crippen LogP contribution in [-0.2, 0) is 4.79 Å². The summed E-state index contributed by atoms with van der Waals surface area (Å²) >= 11 is 0. The first-order valence-corrected chi connectivity index (χ1v) is 6.20. The molecule has 1 fully saturated rings. The van der Waals surface area contributed by atoms with Crippen molar-refractivity contribution in [3.63, 3.8) is 0 Å². The standard InChI is InChI=1S/C12H24N2O2/c1-9(2)10(13)11(15)14-8-12(16)6-4-3-5-7-12/h9-10,16H,3-8,13H2,1-2H3,(H,14,15)/t10-/m0/s1. The van der Waals surface area contributed by atoms with Gasteiger partial charge in [-0.3, -0.25) is 4.79 Å². The molecule has 1 amide bonds. The van der Waals surface area contributed by atoms with E-state index in [1.165, 1.54) is 6.42 Å². The minimum atomic E-state index is -0.704. The number of hydrogen-bond donors (Lipinski definition) is 3. The first-order valence-electron chi connectivity index (χ1n) is 6.20. The molecule has 4 heteroatoms. The van der Waals surface area contributed by atoms with Crippen LogP contribution in [0.4, 0.5) is 0 Å². The molecule has 1 aliphatic carbocycles. The second kappa shape index (κ2) is 5.64. The molecule has 94 valence electrons. The van der Waals surface area contributed by atoms with E-state index in [1.807, 2.05) is 13.8 Å². The largest absolute Gasteiger partial charge is 0.388 e. The number of nitrogens with two attached hydrogens (primary N) is 1. The summed E-state index contributed by atoms with van der Waals surface area (Å²) in [6.07, 6.45) is 4.83. The Kier molecular flexibility index (Phi) is 4.74. The zero-order chi connectivity index (χ0) is 12.2. The van der Waals surface area contributed by atoms with E-state index >= 15 is 0 Å². The van der Waals surface area contributed by atoms with Crippen LogP contribution in [0.15, 0.2) is 0 Å². The van der Waals surface area contributed by atoms with E-state index in [0.29, 0.717) is 6.54 Å². The third-order valence-electron chi connectivity index (χ3n) is 3.40. The van der Waals surface area contributed by atoms with Crippen LogP contribution in [0, 0.1) is 5.92 Å². The summed E-state index contributed by atoms with van der Waals surface area (Å²) in [6.45, 7) is 4.17. The molecule has 1 atom stereocenters. The summed E-state index contributed by atoms with van der Waals surface area (Å²) in [5.41, 5.74) is 5.02. The topological polar surface area (TPSA) is 75.4 Å². The Morgan fingerprint density at radius 2 is 1.94 bits per heavy atom. The SMILES string of the molecule is CC(C)[C@H](N)C(=O)NCC1(O)CCCCC1. The Bertz CT molecular complexity index is 235. The van der Waals surface area contributed by atoms with Gasteiger partial charge in [0.2, 0.25) is 5.91 Å². The Balaban J connectivity index is 2.35. The van der Waals surface area contributed by atoms with Crippen molar-refractivity contribution in [3.8, 4) is 0 Å². The smallest absolute Gasteiger partial charge is 0.237 e. The Labute approximate surface area is 97.6 Å². The van der Waals surface area contributed by atoms with E-state index in [1.54, 1.807) is 0 Å². The van der Waals surface area contributed by atoms with Gasteiger partial charge >= 0.3 is 0 Å². The maximum Gasteiger partial charge on any atom is 0.237 e. The first kappa shape index (κ1) is 13.5. The number of hydrogen-bond acceptors (Lipinski definition) is 3. The predicted molar refractivity (Wildman–Crippen MR) is 63.9 cm³/mol. The Morgan fingerprint density at radius 1 is 1.38 bits per heavy atom. The van der Waals surface area contributed by atoms with Gasteiger partial charge in [0.05, 0.1) is 11.6 Å². The van der Waals surface area contributed by atoms with Crippen molar-refractivity contribution in [3.05, 3.63) is 0 Å². The average molecular weight is 228 g/mol. The maximum absolute atomic E-state index is 11.6. The summed E-state index contributed by atoms with van der Waals surface area (Å²) in [6, 6.07) is -0.479. The van der Waals surface area contributed by atoms with Crippen molar-refractivity contribution in [2.24, 2.45) is 11.7 Å². The van der Waals surface area contributed by atoms with Crippen LogP contribution in [0.2, 0.25) is 0 Å². The summed E-state index contributed by atoms with van der Waals surface area (Å²) < 4.78 is 0. The quantitative estimate of drug-likeness (QED) is 0.665. The average Bonchev–Trinajstić information content (AvgIpc) is 2.26. The van der Waals surface area contributed by atoms with Gasteiger partial charge in [-0.15, -0.1) is 0 Å². The monoisotopic (exact) mass is 228 g/mol. The molecule has 4 nitrogen and oxygen atoms in total. The molecule has 0 heterocycles. The van der Waals surface area contributed by atoms with Gasteiger partial charge in [-0.2, -0.15) is 0 Å². The predicted octanol–water partition coefficient (Wildman–Crippen LogP) is 0.781. The van der Waals surface area contributed by atoms with Crippen molar-refractivity contribution < 1.29 is 9.90 Å². The van der Waals surface area contributed by atoms with Crippen molar-refractivity contribution in [1.82, 2.24) is 5.32 Å². The molecule has 0 aliphatic heterocycles. The molecule has 0 bridgehead atoms. The van der Waals surface area contributed by atoms with Gasteiger partial charge in [-0.1, -0.05) is 33.1 Å². The highest BCUT2D eigenvalue weighted by atomic mass is 16.3. The van der Waals surface area contributed by atoms with Crippen LogP contribution in [0.5, 0.6) is 0 Å². The number of nitrogens with one attached hydrogen (secondary N) is 1. The molecule has 4 N–H and O–H groups in total. The van der Waals surface area contributed by atoms with Crippen molar-refractivity contribution in [2.45, 2.75) is 57.6 Å². The minimum Gasteiger partial charge on any atom is -0.388 e. The molecular weight excluding hydrogens is 204 g/mol. The Morgan fingerprint density at radius 3 is 2.44 bits per heavy atom. The highest BCUT2D eigenvalue weighted by Crippen LogP contribution is 2.27. The molecule has 1 aliphatic rings. The van der Waals surface area contributed by atoms with Crippen molar-refractivity contribution in [1.29, 1.82) is 0 Å². The van der Waals surface area contributed by atoms with Crippen LogP contribution in [-0.4, -0.2) is 29.2 Å². The third-order valence-corrected chi connectivity index (χ3v) is 3.40. The number of carbonyl (C=O) groups excluding carboxylic acids is 1. The minimum absolute atomic E-state index is 0.126. The number of rotatable bonds is 4. The highest BCUT2D eigenvalue weighted by molar-refractivity contribution is 5.81. The van der Waals surface area contributed by atoms with Crippen LogP contribution >= 0.6 is 0 Å². The van der Waals surface area contributed by atoms with E-state index in [4.69, 9.17) is 5.73 Å². The number of aliphatic hydroxyl groups is 1. The fourth-order valence-corrected chi connectivity index (χ4v) is 2.06. The lowest BCUT2D eigenvalue weighted by molar-refractivity contribution is -0.124. The van der Waals surface area contributed by atoms with Crippen LogP contribution in [0.3, 0.4) is 0 Å². The van der Waals surface area contributed by atoms with Crippen molar-refractivity contribution >= 4 is 5.91 Å². The molecule has 0 aromatic carbocycles. The molecule has 0 aromatic rings. The first-order chi connectivity index (χ1) is 7.44. The van der Waals surface area contributed by atoms with Gasteiger partial charge < -0.3 is 16.2 Å². The lowest BCUT2D eigenvalue weighted by Crippen LogP contribution is -2.50. The third kappa shape index (κ3) is 3.76. The second-order valence-electron chi connectivity index (χ2n) is 5.27. The summed E-state index contributed by atoms with van der Waals surface area (Å²) in [5, 5.41) is 12.9. The van der Waals surface area contributed by atoms with E-state index in [0.717, 1.165) is 25.7 Å².